The summed E-state index contributed by atoms with van der Waals surface area (Å²) in [5, 5.41) is 12.3. The number of alkyl halides is 1. The number of rotatable bonds is 6. The fourth-order valence-corrected chi connectivity index (χ4v) is 4.89. The number of benzene rings is 4. The van der Waals surface area contributed by atoms with E-state index in [1.807, 2.05) is 18.2 Å². The second kappa shape index (κ2) is 8.89. The first kappa shape index (κ1) is 20.4. The Balaban J connectivity index is 2.17. The van der Waals surface area contributed by atoms with Gasteiger partial charge in [0.25, 0.3) is 0 Å². The topological polar surface area (TPSA) is 20.2 Å². The first-order chi connectivity index (χ1) is 14.7. The van der Waals surface area contributed by atoms with E-state index in [0.29, 0.717) is 5.75 Å². The molecule has 4 aromatic carbocycles. The molecule has 30 heavy (non-hydrogen) atoms. The standard InChI is InChI=1S/C28H25BrO/c1-21-19-22(17-18-29)27(30)26(20-21)28(23-11-5-2-6-12-23,24-13-7-3-8-14-24)25-15-9-4-10-16-25/h2-16,19-20,30H,17-18H2,1H3. The maximum absolute atomic E-state index is 11.5. The van der Waals surface area contributed by atoms with E-state index in [1.165, 1.54) is 0 Å². The van der Waals surface area contributed by atoms with Gasteiger partial charge in [-0.05, 0) is 35.6 Å². The zero-order valence-electron chi connectivity index (χ0n) is 17.1. The Kier molecular flexibility index (Phi) is 6.06. The largest absolute Gasteiger partial charge is 0.507 e. The lowest BCUT2D eigenvalue weighted by Gasteiger charge is -2.37. The van der Waals surface area contributed by atoms with Gasteiger partial charge in [0.15, 0.2) is 0 Å². The van der Waals surface area contributed by atoms with Crippen LogP contribution in [0.2, 0.25) is 0 Å². The van der Waals surface area contributed by atoms with Crippen molar-refractivity contribution in [1.82, 2.24) is 0 Å². The number of hydrogen-bond acceptors (Lipinski definition) is 1. The molecule has 0 amide bonds. The number of phenolic OH excluding ortho intramolecular Hbond substituents is 1. The van der Waals surface area contributed by atoms with Crippen LogP contribution < -0.4 is 0 Å². The number of aryl methyl sites for hydroxylation is 2. The molecule has 1 nitrogen and oxygen atoms in total. The SMILES string of the molecule is Cc1cc(CCBr)c(O)c(C(c2ccccc2)(c2ccccc2)c2ccccc2)c1. The normalized spacial score (nSPS) is 11.4. The summed E-state index contributed by atoms with van der Waals surface area (Å²) in [5.41, 5.74) is 5.80. The highest BCUT2D eigenvalue weighted by molar-refractivity contribution is 9.09. The van der Waals surface area contributed by atoms with Gasteiger partial charge < -0.3 is 5.11 Å². The summed E-state index contributed by atoms with van der Waals surface area (Å²) in [6, 6.07) is 35.7. The summed E-state index contributed by atoms with van der Waals surface area (Å²) in [4.78, 5) is 0. The van der Waals surface area contributed by atoms with Crippen molar-refractivity contribution in [3.63, 3.8) is 0 Å². The molecule has 1 N–H and O–H groups in total. The molecule has 4 aromatic rings. The van der Waals surface area contributed by atoms with Gasteiger partial charge in [-0.1, -0.05) is 125 Å². The highest BCUT2D eigenvalue weighted by Gasteiger charge is 2.40. The smallest absolute Gasteiger partial charge is 0.123 e. The molecule has 0 fully saturated rings. The van der Waals surface area contributed by atoms with Crippen LogP contribution in [0.1, 0.15) is 33.4 Å². The molecule has 0 radical (unpaired) electrons. The molecule has 0 unspecified atom stereocenters. The van der Waals surface area contributed by atoms with Crippen molar-refractivity contribution in [1.29, 1.82) is 0 Å². The van der Waals surface area contributed by atoms with E-state index in [2.05, 4.69) is 108 Å². The molecule has 0 aliphatic rings. The fourth-order valence-electron chi connectivity index (χ4n) is 4.46. The van der Waals surface area contributed by atoms with E-state index in [0.717, 1.165) is 45.1 Å². The van der Waals surface area contributed by atoms with Crippen molar-refractivity contribution < 1.29 is 5.11 Å². The maximum atomic E-state index is 11.5. The number of phenols is 1. The van der Waals surface area contributed by atoms with Crippen molar-refractivity contribution in [2.45, 2.75) is 18.8 Å². The molecule has 150 valence electrons. The fraction of sp³-hybridized carbons (Fsp3) is 0.143. The van der Waals surface area contributed by atoms with Crippen molar-refractivity contribution >= 4 is 15.9 Å². The highest BCUT2D eigenvalue weighted by atomic mass is 79.9. The minimum Gasteiger partial charge on any atom is -0.507 e. The summed E-state index contributed by atoms with van der Waals surface area (Å²) < 4.78 is 0. The average molecular weight is 457 g/mol. The van der Waals surface area contributed by atoms with Crippen LogP contribution in [0.25, 0.3) is 0 Å². The third kappa shape index (κ3) is 3.57. The summed E-state index contributed by atoms with van der Waals surface area (Å²) in [6.07, 6.45) is 0.773. The van der Waals surface area contributed by atoms with E-state index in [9.17, 15) is 5.11 Å². The third-order valence-electron chi connectivity index (χ3n) is 5.72. The minimum absolute atomic E-state index is 0.372. The van der Waals surface area contributed by atoms with Crippen LogP contribution >= 0.6 is 15.9 Å². The van der Waals surface area contributed by atoms with Crippen LogP contribution in [0, 0.1) is 6.92 Å². The molecule has 0 saturated heterocycles. The summed E-state index contributed by atoms with van der Waals surface area (Å²) in [7, 11) is 0. The Morgan fingerprint density at radius 2 is 1.13 bits per heavy atom. The van der Waals surface area contributed by atoms with Gasteiger partial charge in [-0.3, -0.25) is 0 Å². The third-order valence-corrected chi connectivity index (χ3v) is 6.12. The number of halogens is 1. The monoisotopic (exact) mass is 456 g/mol. The van der Waals surface area contributed by atoms with Crippen molar-refractivity contribution in [2.24, 2.45) is 0 Å². The Bertz CT molecular complexity index is 1010. The number of hydrogen-bond donors (Lipinski definition) is 1. The van der Waals surface area contributed by atoms with Gasteiger partial charge in [-0.2, -0.15) is 0 Å². The summed E-state index contributed by atoms with van der Waals surface area (Å²) in [5.74, 6) is 0.372. The van der Waals surface area contributed by atoms with Crippen LogP contribution in [0.3, 0.4) is 0 Å². The molecule has 0 atom stereocenters. The van der Waals surface area contributed by atoms with E-state index in [1.54, 1.807) is 0 Å². The van der Waals surface area contributed by atoms with Gasteiger partial charge in [-0.15, -0.1) is 0 Å². The lowest BCUT2D eigenvalue weighted by atomic mass is 9.64. The molecule has 0 saturated carbocycles. The molecular weight excluding hydrogens is 432 g/mol. The predicted octanol–water partition coefficient (Wildman–Crippen LogP) is 7.02. The first-order valence-electron chi connectivity index (χ1n) is 10.2. The van der Waals surface area contributed by atoms with Gasteiger partial charge in [-0.25, -0.2) is 0 Å². The van der Waals surface area contributed by atoms with E-state index in [-0.39, 0.29) is 0 Å². The molecule has 0 bridgehead atoms. The van der Waals surface area contributed by atoms with Crippen molar-refractivity contribution in [2.75, 3.05) is 5.33 Å². The molecule has 0 aliphatic carbocycles. The van der Waals surface area contributed by atoms with Gasteiger partial charge in [0.1, 0.15) is 5.75 Å². The first-order valence-corrected chi connectivity index (χ1v) is 11.4. The van der Waals surface area contributed by atoms with Crippen molar-refractivity contribution in [3.05, 3.63) is 137 Å². The zero-order valence-corrected chi connectivity index (χ0v) is 18.6. The predicted molar refractivity (Wildman–Crippen MR) is 129 cm³/mol. The summed E-state index contributed by atoms with van der Waals surface area (Å²) in [6.45, 7) is 2.10. The Morgan fingerprint density at radius 1 is 0.700 bits per heavy atom. The highest BCUT2D eigenvalue weighted by Crippen LogP contribution is 2.49. The molecule has 0 heterocycles. The van der Waals surface area contributed by atoms with E-state index in [4.69, 9.17) is 0 Å². The quantitative estimate of drug-likeness (QED) is 0.244. The molecule has 0 aromatic heterocycles. The zero-order chi connectivity index (χ0) is 21.0. The molecule has 0 aliphatic heterocycles. The number of aromatic hydroxyl groups is 1. The van der Waals surface area contributed by atoms with Crippen molar-refractivity contribution in [3.8, 4) is 5.75 Å². The van der Waals surface area contributed by atoms with Crippen LogP contribution in [-0.2, 0) is 11.8 Å². The van der Waals surface area contributed by atoms with Crippen LogP contribution in [0.4, 0.5) is 0 Å². The molecular formula is C28H25BrO. The molecule has 0 spiro atoms. The second-order valence-electron chi connectivity index (χ2n) is 7.61. The van der Waals surface area contributed by atoms with Crippen LogP contribution in [0.5, 0.6) is 5.75 Å². The lowest BCUT2D eigenvalue weighted by Crippen LogP contribution is -2.31. The van der Waals surface area contributed by atoms with Crippen LogP contribution in [-0.4, -0.2) is 10.4 Å². The van der Waals surface area contributed by atoms with E-state index < -0.39 is 5.41 Å². The van der Waals surface area contributed by atoms with E-state index >= 15 is 0 Å². The van der Waals surface area contributed by atoms with Gasteiger partial charge in [0.05, 0.1) is 5.41 Å². The van der Waals surface area contributed by atoms with Gasteiger partial charge in [0, 0.05) is 10.9 Å². The Labute approximate surface area is 187 Å². The minimum atomic E-state index is -0.624. The Morgan fingerprint density at radius 3 is 1.53 bits per heavy atom. The molecule has 2 heteroatoms. The Hall–Kier alpha value is -2.84. The second-order valence-corrected chi connectivity index (χ2v) is 8.40. The lowest BCUT2D eigenvalue weighted by molar-refractivity contribution is 0.454. The maximum Gasteiger partial charge on any atom is 0.123 e. The van der Waals surface area contributed by atoms with Crippen LogP contribution in [0.15, 0.2) is 103 Å². The summed E-state index contributed by atoms with van der Waals surface area (Å²) >= 11 is 3.54. The van der Waals surface area contributed by atoms with Gasteiger partial charge in [0.2, 0.25) is 0 Å². The average Bonchev–Trinajstić information content (AvgIpc) is 2.80. The molecule has 4 rings (SSSR count). The van der Waals surface area contributed by atoms with Gasteiger partial charge >= 0.3 is 0 Å².